The van der Waals surface area contributed by atoms with Crippen LogP contribution in [0.4, 0.5) is 16.0 Å². The maximum absolute atomic E-state index is 12.4. The first-order valence-corrected chi connectivity index (χ1v) is 10.0. The van der Waals surface area contributed by atoms with Crippen molar-refractivity contribution < 1.29 is 4.79 Å². The van der Waals surface area contributed by atoms with Crippen molar-refractivity contribution in [2.24, 2.45) is 0 Å². The summed E-state index contributed by atoms with van der Waals surface area (Å²) in [5.41, 5.74) is 4.47. The first kappa shape index (κ1) is 17.4. The van der Waals surface area contributed by atoms with Gasteiger partial charge in [0.1, 0.15) is 0 Å². The van der Waals surface area contributed by atoms with Crippen LogP contribution < -0.4 is 10.6 Å². The van der Waals surface area contributed by atoms with Crippen LogP contribution in [0.2, 0.25) is 0 Å². The van der Waals surface area contributed by atoms with Crippen molar-refractivity contribution >= 4 is 44.5 Å². The van der Waals surface area contributed by atoms with Crippen molar-refractivity contribution in [1.29, 1.82) is 0 Å². The van der Waals surface area contributed by atoms with Crippen molar-refractivity contribution in [2.45, 2.75) is 6.92 Å². The van der Waals surface area contributed by atoms with Crippen molar-refractivity contribution in [1.82, 2.24) is 9.97 Å². The number of anilines is 3. The SMILES string of the molecule is Cc1ccc(C(=O)Nc2nccs2)cc1Nc1nc(-c2ccccc2)cs1. The summed E-state index contributed by atoms with van der Waals surface area (Å²) in [4.78, 5) is 21.2. The highest BCUT2D eigenvalue weighted by atomic mass is 32.1. The molecule has 7 heteroatoms. The fourth-order valence-corrected chi connectivity index (χ4v) is 3.80. The predicted octanol–water partition coefficient (Wildman–Crippen LogP) is 5.57. The molecule has 0 saturated heterocycles. The van der Waals surface area contributed by atoms with Crippen LogP contribution in [-0.2, 0) is 0 Å². The first-order valence-electron chi connectivity index (χ1n) is 8.28. The molecule has 5 nitrogen and oxygen atoms in total. The number of benzene rings is 2. The molecular formula is C20H16N4OS2. The molecule has 0 unspecified atom stereocenters. The summed E-state index contributed by atoms with van der Waals surface area (Å²) < 4.78 is 0. The maximum atomic E-state index is 12.4. The van der Waals surface area contributed by atoms with Gasteiger partial charge in [-0.15, -0.1) is 22.7 Å². The standard InChI is InChI=1S/C20H16N4OS2/c1-13-7-8-15(18(25)24-19-21-9-10-26-19)11-16(13)22-20-23-17(12-27-20)14-5-3-2-4-6-14/h2-12H,1H3,(H,22,23)(H,21,24,25). The van der Waals surface area contributed by atoms with Gasteiger partial charge in [0, 0.05) is 33.8 Å². The minimum absolute atomic E-state index is 0.183. The Balaban J connectivity index is 1.54. The lowest BCUT2D eigenvalue weighted by atomic mass is 10.1. The molecule has 0 radical (unpaired) electrons. The summed E-state index contributed by atoms with van der Waals surface area (Å²) in [6.45, 7) is 2.00. The third-order valence-electron chi connectivity index (χ3n) is 3.97. The molecule has 0 fully saturated rings. The number of hydrogen-bond acceptors (Lipinski definition) is 6. The third-order valence-corrected chi connectivity index (χ3v) is 5.41. The van der Waals surface area contributed by atoms with E-state index in [1.807, 2.05) is 60.1 Å². The van der Waals surface area contributed by atoms with E-state index in [0.717, 1.165) is 27.6 Å². The van der Waals surface area contributed by atoms with Gasteiger partial charge in [-0.3, -0.25) is 10.1 Å². The van der Waals surface area contributed by atoms with E-state index in [1.54, 1.807) is 12.3 Å². The van der Waals surface area contributed by atoms with Crippen LogP contribution in [0.25, 0.3) is 11.3 Å². The van der Waals surface area contributed by atoms with E-state index < -0.39 is 0 Å². The number of amides is 1. The molecule has 0 atom stereocenters. The summed E-state index contributed by atoms with van der Waals surface area (Å²) in [5, 5.41) is 11.3. The van der Waals surface area contributed by atoms with Crippen LogP contribution in [0, 0.1) is 6.92 Å². The predicted molar refractivity (Wildman–Crippen MR) is 112 cm³/mol. The molecule has 0 aliphatic carbocycles. The van der Waals surface area contributed by atoms with Gasteiger partial charge in [-0.1, -0.05) is 36.4 Å². The first-order chi connectivity index (χ1) is 13.2. The van der Waals surface area contributed by atoms with Gasteiger partial charge in [0.15, 0.2) is 10.3 Å². The van der Waals surface area contributed by atoms with E-state index in [0.29, 0.717) is 10.7 Å². The van der Waals surface area contributed by atoms with Gasteiger partial charge >= 0.3 is 0 Å². The molecule has 2 N–H and O–H groups in total. The topological polar surface area (TPSA) is 66.9 Å². The van der Waals surface area contributed by atoms with Gasteiger partial charge in [0.05, 0.1) is 5.69 Å². The molecule has 27 heavy (non-hydrogen) atoms. The number of hydrogen-bond donors (Lipinski definition) is 2. The van der Waals surface area contributed by atoms with Crippen molar-refractivity contribution in [2.75, 3.05) is 10.6 Å². The Bertz CT molecular complexity index is 1060. The third kappa shape index (κ3) is 4.05. The molecule has 0 aliphatic rings. The molecule has 134 valence electrons. The average molecular weight is 393 g/mol. The Morgan fingerprint density at radius 3 is 2.67 bits per heavy atom. The summed E-state index contributed by atoms with van der Waals surface area (Å²) in [7, 11) is 0. The number of carbonyl (C=O) groups is 1. The largest absolute Gasteiger partial charge is 0.331 e. The zero-order valence-electron chi connectivity index (χ0n) is 14.5. The Morgan fingerprint density at radius 2 is 1.89 bits per heavy atom. The average Bonchev–Trinajstić information content (AvgIpc) is 3.36. The second-order valence-electron chi connectivity index (χ2n) is 5.85. The lowest BCUT2D eigenvalue weighted by Gasteiger charge is -2.09. The number of carbonyl (C=O) groups excluding carboxylic acids is 1. The Kier molecular flexibility index (Phi) is 4.95. The minimum Gasteiger partial charge on any atom is -0.331 e. The van der Waals surface area contributed by atoms with E-state index in [2.05, 4.69) is 20.6 Å². The van der Waals surface area contributed by atoms with Crippen LogP contribution in [0.1, 0.15) is 15.9 Å². The number of rotatable bonds is 5. The van der Waals surface area contributed by atoms with Crippen molar-refractivity contribution in [3.8, 4) is 11.3 Å². The molecule has 0 aliphatic heterocycles. The quantitative estimate of drug-likeness (QED) is 0.466. The monoisotopic (exact) mass is 392 g/mol. The summed E-state index contributed by atoms with van der Waals surface area (Å²) in [6.07, 6.45) is 1.66. The van der Waals surface area contributed by atoms with Crippen LogP contribution in [0.15, 0.2) is 65.5 Å². The van der Waals surface area contributed by atoms with E-state index >= 15 is 0 Å². The van der Waals surface area contributed by atoms with E-state index in [9.17, 15) is 4.79 Å². The van der Waals surface area contributed by atoms with Gasteiger partial charge in [-0.25, -0.2) is 9.97 Å². The second-order valence-corrected chi connectivity index (χ2v) is 7.60. The van der Waals surface area contributed by atoms with Gasteiger partial charge < -0.3 is 5.32 Å². The lowest BCUT2D eigenvalue weighted by Crippen LogP contribution is -2.12. The molecule has 1 amide bonds. The van der Waals surface area contributed by atoms with Gasteiger partial charge in [-0.05, 0) is 24.6 Å². The number of nitrogens with zero attached hydrogens (tertiary/aromatic N) is 2. The molecule has 2 aromatic carbocycles. The number of thiazole rings is 2. The van der Waals surface area contributed by atoms with Crippen LogP contribution in [-0.4, -0.2) is 15.9 Å². The van der Waals surface area contributed by atoms with Crippen LogP contribution in [0.3, 0.4) is 0 Å². The number of aryl methyl sites for hydroxylation is 1. The van der Waals surface area contributed by atoms with Crippen molar-refractivity contribution in [3.63, 3.8) is 0 Å². The van der Waals surface area contributed by atoms with Crippen LogP contribution in [0.5, 0.6) is 0 Å². The molecule has 2 heterocycles. The van der Waals surface area contributed by atoms with Gasteiger partial charge in [0.25, 0.3) is 5.91 Å². The zero-order chi connectivity index (χ0) is 18.6. The highest BCUT2D eigenvalue weighted by molar-refractivity contribution is 7.14. The highest BCUT2D eigenvalue weighted by Gasteiger charge is 2.11. The molecular weight excluding hydrogens is 376 g/mol. The highest BCUT2D eigenvalue weighted by Crippen LogP contribution is 2.29. The Hall–Kier alpha value is -3.03. The molecule has 0 saturated carbocycles. The smallest absolute Gasteiger partial charge is 0.257 e. The second kappa shape index (κ2) is 7.69. The molecule has 2 aromatic heterocycles. The molecule has 0 bridgehead atoms. The fourth-order valence-electron chi connectivity index (χ4n) is 2.54. The summed E-state index contributed by atoms with van der Waals surface area (Å²) in [5.74, 6) is -0.183. The Labute approximate surface area is 164 Å². The molecule has 4 aromatic rings. The van der Waals surface area contributed by atoms with Gasteiger partial charge in [0.2, 0.25) is 0 Å². The van der Waals surface area contributed by atoms with Crippen LogP contribution >= 0.6 is 22.7 Å². The molecule has 4 rings (SSSR count). The fraction of sp³-hybridized carbons (Fsp3) is 0.0500. The minimum atomic E-state index is -0.183. The van der Waals surface area contributed by atoms with Gasteiger partial charge in [-0.2, -0.15) is 0 Å². The normalized spacial score (nSPS) is 10.6. The van der Waals surface area contributed by atoms with E-state index in [-0.39, 0.29) is 5.91 Å². The van der Waals surface area contributed by atoms with E-state index in [4.69, 9.17) is 0 Å². The maximum Gasteiger partial charge on any atom is 0.257 e. The molecule has 0 spiro atoms. The summed E-state index contributed by atoms with van der Waals surface area (Å²) in [6, 6.07) is 15.6. The number of aromatic nitrogens is 2. The number of nitrogens with one attached hydrogen (secondary N) is 2. The lowest BCUT2D eigenvalue weighted by molar-refractivity contribution is 0.102. The van der Waals surface area contributed by atoms with E-state index in [1.165, 1.54) is 22.7 Å². The summed E-state index contributed by atoms with van der Waals surface area (Å²) >= 11 is 2.92. The van der Waals surface area contributed by atoms with Crippen molar-refractivity contribution in [3.05, 3.63) is 76.6 Å². The zero-order valence-corrected chi connectivity index (χ0v) is 16.1. The Morgan fingerprint density at radius 1 is 1.04 bits per heavy atom.